The first kappa shape index (κ1) is 13.2. The van der Waals surface area contributed by atoms with Crippen LogP contribution in [0, 0.1) is 0 Å². The second kappa shape index (κ2) is 5.49. The van der Waals surface area contributed by atoms with Gasteiger partial charge in [-0.2, -0.15) is 0 Å². The summed E-state index contributed by atoms with van der Waals surface area (Å²) in [6.07, 6.45) is 1.43. The predicted octanol–water partition coefficient (Wildman–Crippen LogP) is 4.30. The van der Waals surface area contributed by atoms with Crippen LogP contribution in [-0.2, 0) is 16.8 Å². The molecular formula is C15H24O. The highest BCUT2D eigenvalue weighted by Gasteiger charge is 2.20. The molecule has 0 saturated heterocycles. The van der Waals surface area contributed by atoms with E-state index >= 15 is 0 Å². The number of benzene rings is 1. The molecule has 90 valence electrons. The van der Waals surface area contributed by atoms with Crippen molar-refractivity contribution in [3.8, 4) is 0 Å². The fourth-order valence-corrected chi connectivity index (χ4v) is 1.75. The average Bonchev–Trinajstić information content (AvgIpc) is 2.26. The maximum atomic E-state index is 5.71. The molecule has 16 heavy (non-hydrogen) atoms. The SMILES string of the molecule is CCC(C)(C)c1ccccc1COC(C)C. The zero-order chi connectivity index (χ0) is 12.2. The summed E-state index contributed by atoms with van der Waals surface area (Å²) in [6.45, 7) is 11.7. The lowest BCUT2D eigenvalue weighted by Gasteiger charge is -2.26. The van der Waals surface area contributed by atoms with E-state index in [0.717, 1.165) is 13.0 Å². The molecule has 0 aliphatic carbocycles. The molecule has 0 saturated carbocycles. The summed E-state index contributed by atoms with van der Waals surface area (Å²) in [4.78, 5) is 0. The van der Waals surface area contributed by atoms with Crippen molar-refractivity contribution < 1.29 is 4.74 Å². The maximum absolute atomic E-state index is 5.71. The quantitative estimate of drug-likeness (QED) is 0.719. The molecule has 0 aromatic heterocycles. The fraction of sp³-hybridized carbons (Fsp3) is 0.600. The van der Waals surface area contributed by atoms with Crippen molar-refractivity contribution in [3.63, 3.8) is 0 Å². The third-order valence-electron chi connectivity index (χ3n) is 3.20. The second-order valence-corrected chi connectivity index (χ2v) is 5.25. The zero-order valence-electron chi connectivity index (χ0n) is 11.2. The van der Waals surface area contributed by atoms with Gasteiger partial charge in [0.15, 0.2) is 0 Å². The maximum Gasteiger partial charge on any atom is 0.0723 e. The molecule has 0 aliphatic rings. The normalized spacial score (nSPS) is 12.1. The summed E-state index contributed by atoms with van der Waals surface area (Å²) in [5.41, 5.74) is 2.97. The molecule has 1 nitrogen and oxygen atoms in total. The molecule has 0 radical (unpaired) electrons. The van der Waals surface area contributed by atoms with Crippen LogP contribution in [0.4, 0.5) is 0 Å². The Hall–Kier alpha value is -0.820. The largest absolute Gasteiger partial charge is 0.374 e. The summed E-state index contributed by atoms with van der Waals surface area (Å²) in [5, 5.41) is 0. The van der Waals surface area contributed by atoms with E-state index in [1.165, 1.54) is 11.1 Å². The minimum Gasteiger partial charge on any atom is -0.374 e. The second-order valence-electron chi connectivity index (χ2n) is 5.25. The lowest BCUT2D eigenvalue weighted by molar-refractivity contribution is 0.0647. The fourth-order valence-electron chi connectivity index (χ4n) is 1.75. The third kappa shape index (κ3) is 3.34. The van der Waals surface area contributed by atoms with Gasteiger partial charge >= 0.3 is 0 Å². The van der Waals surface area contributed by atoms with Gasteiger partial charge in [0.25, 0.3) is 0 Å². The minimum absolute atomic E-state index is 0.233. The molecule has 0 spiro atoms. The Morgan fingerprint density at radius 1 is 1.19 bits per heavy atom. The highest BCUT2D eigenvalue weighted by Crippen LogP contribution is 2.29. The van der Waals surface area contributed by atoms with Crippen LogP contribution in [0.15, 0.2) is 24.3 Å². The molecule has 0 N–H and O–H groups in total. The van der Waals surface area contributed by atoms with E-state index in [9.17, 15) is 0 Å². The molecule has 0 amide bonds. The Kier molecular flexibility index (Phi) is 4.55. The number of hydrogen-bond acceptors (Lipinski definition) is 1. The predicted molar refractivity (Wildman–Crippen MR) is 69.7 cm³/mol. The molecule has 1 rings (SSSR count). The van der Waals surface area contributed by atoms with Crippen molar-refractivity contribution >= 4 is 0 Å². The van der Waals surface area contributed by atoms with Crippen molar-refractivity contribution in [3.05, 3.63) is 35.4 Å². The van der Waals surface area contributed by atoms with Crippen LogP contribution >= 0.6 is 0 Å². The summed E-state index contributed by atoms with van der Waals surface area (Å²) >= 11 is 0. The van der Waals surface area contributed by atoms with Gasteiger partial charge in [-0.05, 0) is 36.8 Å². The van der Waals surface area contributed by atoms with E-state index in [2.05, 4.69) is 58.9 Å². The van der Waals surface area contributed by atoms with Crippen molar-refractivity contribution in [2.75, 3.05) is 0 Å². The van der Waals surface area contributed by atoms with Gasteiger partial charge in [0.1, 0.15) is 0 Å². The Morgan fingerprint density at radius 3 is 2.38 bits per heavy atom. The van der Waals surface area contributed by atoms with Crippen LogP contribution in [0.25, 0.3) is 0 Å². The van der Waals surface area contributed by atoms with Crippen LogP contribution < -0.4 is 0 Å². The Balaban J connectivity index is 2.92. The Morgan fingerprint density at radius 2 is 1.81 bits per heavy atom. The molecule has 1 heteroatoms. The average molecular weight is 220 g/mol. The Bertz CT molecular complexity index is 326. The summed E-state index contributed by atoms with van der Waals surface area (Å²) in [7, 11) is 0. The van der Waals surface area contributed by atoms with Crippen LogP contribution in [0.1, 0.15) is 52.2 Å². The van der Waals surface area contributed by atoms with Crippen LogP contribution in [0.2, 0.25) is 0 Å². The number of hydrogen-bond donors (Lipinski definition) is 0. The first-order chi connectivity index (χ1) is 7.47. The van der Waals surface area contributed by atoms with E-state index in [-0.39, 0.29) is 11.5 Å². The van der Waals surface area contributed by atoms with E-state index in [4.69, 9.17) is 4.74 Å². The van der Waals surface area contributed by atoms with Gasteiger partial charge in [-0.15, -0.1) is 0 Å². The van der Waals surface area contributed by atoms with Crippen LogP contribution in [0.3, 0.4) is 0 Å². The van der Waals surface area contributed by atoms with Crippen LogP contribution in [0.5, 0.6) is 0 Å². The van der Waals surface area contributed by atoms with E-state index < -0.39 is 0 Å². The first-order valence-corrected chi connectivity index (χ1v) is 6.17. The molecule has 0 bridgehead atoms. The molecule has 0 heterocycles. The van der Waals surface area contributed by atoms with Gasteiger partial charge in [-0.3, -0.25) is 0 Å². The highest BCUT2D eigenvalue weighted by atomic mass is 16.5. The molecule has 0 fully saturated rings. The smallest absolute Gasteiger partial charge is 0.0723 e. The van der Waals surface area contributed by atoms with Gasteiger partial charge in [-0.1, -0.05) is 45.0 Å². The highest BCUT2D eigenvalue weighted by molar-refractivity contribution is 5.32. The van der Waals surface area contributed by atoms with E-state index in [1.54, 1.807) is 0 Å². The molecule has 0 unspecified atom stereocenters. The monoisotopic (exact) mass is 220 g/mol. The number of ether oxygens (including phenoxy) is 1. The molecule has 0 atom stereocenters. The van der Waals surface area contributed by atoms with Gasteiger partial charge < -0.3 is 4.74 Å². The van der Waals surface area contributed by atoms with Crippen molar-refractivity contribution in [2.24, 2.45) is 0 Å². The van der Waals surface area contributed by atoms with Crippen molar-refractivity contribution in [1.82, 2.24) is 0 Å². The molecule has 0 aliphatic heterocycles. The topological polar surface area (TPSA) is 9.23 Å². The van der Waals surface area contributed by atoms with Crippen LogP contribution in [-0.4, -0.2) is 6.10 Å². The summed E-state index contributed by atoms with van der Waals surface area (Å²) in [5.74, 6) is 0. The molecule has 1 aromatic carbocycles. The molecular weight excluding hydrogens is 196 g/mol. The van der Waals surface area contributed by atoms with E-state index in [0.29, 0.717) is 0 Å². The third-order valence-corrected chi connectivity index (χ3v) is 3.20. The van der Waals surface area contributed by atoms with Gasteiger partial charge in [0.05, 0.1) is 12.7 Å². The van der Waals surface area contributed by atoms with Gasteiger partial charge in [0, 0.05) is 0 Å². The van der Waals surface area contributed by atoms with Gasteiger partial charge in [0.2, 0.25) is 0 Å². The standard InChI is InChI=1S/C15H24O/c1-6-15(4,5)14-10-8-7-9-13(14)11-16-12(2)3/h7-10,12H,6,11H2,1-5H3. The summed E-state index contributed by atoms with van der Waals surface area (Å²) in [6, 6.07) is 8.61. The van der Waals surface area contributed by atoms with Crippen molar-refractivity contribution in [2.45, 2.75) is 59.2 Å². The number of rotatable bonds is 5. The lowest BCUT2D eigenvalue weighted by atomic mass is 9.80. The van der Waals surface area contributed by atoms with Gasteiger partial charge in [-0.25, -0.2) is 0 Å². The lowest BCUT2D eigenvalue weighted by Crippen LogP contribution is -2.18. The summed E-state index contributed by atoms with van der Waals surface area (Å²) < 4.78 is 5.71. The van der Waals surface area contributed by atoms with Crippen molar-refractivity contribution in [1.29, 1.82) is 0 Å². The Labute approximate surface area is 99.8 Å². The minimum atomic E-state index is 0.233. The zero-order valence-corrected chi connectivity index (χ0v) is 11.2. The molecule has 1 aromatic rings. The first-order valence-electron chi connectivity index (χ1n) is 6.17. The van der Waals surface area contributed by atoms with E-state index in [1.807, 2.05) is 0 Å².